The van der Waals surface area contributed by atoms with Crippen LogP contribution in [0.1, 0.15) is 32.8 Å². The summed E-state index contributed by atoms with van der Waals surface area (Å²) in [6.07, 6.45) is 6.46. The molecule has 1 aliphatic carbocycles. The summed E-state index contributed by atoms with van der Waals surface area (Å²) < 4.78 is 5.88. The molecule has 2 rings (SSSR count). The standard InChI is InChI=1S/C21H26O2S/c1-6-7-10-16(2)17-11-8-9-12-18(17)23-13-14-24-19(22)21(5)15-20(21,3)4/h6-12H,1-2,13-15H2,3-5H3/b10-7-. The van der Waals surface area contributed by atoms with E-state index in [4.69, 9.17) is 4.74 Å². The topological polar surface area (TPSA) is 26.3 Å². The quantitative estimate of drug-likeness (QED) is 0.460. The third kappa shape index (κ3) is 4.02. The molecule has 2 nitrogen and oxygen atoms in total. The minimum Gasteiger partial charge on any atom is -0.492 e. The van der Waals surface area contributed by atoms with Crippen LogP contribution in [0.3, 0.4) is 0 Å². The van der Waals surface area contributed by atoms with Gasteiger partial charge in [0, 0.05) is 16.7 Å². The van der Waals surface area contributed by atoms with Crippen molar-refractivity contribution in [2.75, 3.05) is 12.4 Å². The summed E-state index contributed by atoms with van der Waals surface area (Å²) in [5.74, 6) is 1.45. The Balaban J connectivity index is 1.87. The molecule has 1 aromatic carbocycles. The Morgan fingerprint density at radius 3 is 2.62 bits per heavy atom. The molecule has 3 heteroatoms. The van der Waals surface area contributed by atoms with Crippen LogP contribution >= 0.6 is 11.8 Å². The van der Waals surface area contributed by atoms with E-state index in [1.807, 2.05) is 36.4 Å². The minimum atomic E-state index is -0.167. The van der Waals surface area contributed by atoms with Crippen molar-refractivity contribution in [2.45, 2.75) is 27.2 Å². The summed E-state index contributed by atoms with van der Waals surface area (Å²) in [5.41, 5.74) is 1.81. The maximum absolute atomic E-state index is 12.3. The second-order valence-electron chi connectivity index (χ2n) is 6.99. The average molecular weight is 343 g/mol. The van der Waals surface area contributed by atoms with E-state index in [1.54, 1.807) is 6.08 Å². The fraction of sp³-hybridized carbons (Fsp3) is 0.381. The van der Waals surface area contributed by atoms with E-state index >= 15 is 0 Å². The normalized spacial score (nSPS) is 21.5. The van der Waals surface area contributed by atoms with Gasteiger partial charge in [-0.25, -0.2) is 0 Å². The summed E-state index contributed by atoms with van der Waals surface area (Å²) in [7, 11) is 0. The molecular weight excluding hydrogens is 316 g/mol. The molecule has 0 spiro atoms. The minimum absolute atomic E-state index is 0.139. The summed E-state index contributed by atoms with van der Waals surface area (Å²) in [4.78, 5) is 12.3. The van der Waals surface area contributed by atoms with Crippen molar-refractivity contribution >= 4 is 22.5 Å². The molecule has 1 aliphatic rings. The van der Waals surface area contributed by atoms with Crippen LogP contribution in [-0.4, -0.2) is 17.5 Å². The zero-order valence-electron chi connectivity index (χ0n) is 14.8. The van der Waals surface area contributed by atoms with Crippen molar-refractivity contribution in [3.63, 3.8) is 0 Å². The van der Waals surface area contributed by atoms with Crippen LogP contribution < -0.4 is 4.74 Å². The fourth-order valence-corrected chi connectivity index (χ4v) is 3.78. The van der Waals surface area contributed by atoms with Crippen molar-refractivity contribution in [3.8, 4) is 5.75 Å². The fourth-order valence-electron chi connectivity index (χ4n) is 2.77. The molecule has 1 atom stereocenters. The van der Waals surface area contributed by atoms with Crippen molar-refractivity contribution < 1.29 is 9.53 Å². The van der Waals surface area contributed by atoms with E-state index in [0.29, 0.717) is 12.4 Å². The highest BCUT2D eigenvalue weighted by atomic mass is 32.2. The lowest BCUT2D eigenvalue weighted by Crippen LogP contribution is -2.16. The number of rotatable bonds is 8. The molecule has 24 heavy (non-hydrogen) atoms. The predicted molar refractivity (Wildman–Crippen MR) is 104 cm³/mol. The molecule has 0 aliphatic heterocycles. The van der Waals surface area contributed by atoms with Crippen LogP contribution in [0.25, 0.3) is 5.57 Å². The number of thioether (sulfide) groups is 1. The van der Waals surface area contributed by atoms with Gasteiger partial charge in [0.15, 0.2) is 5.12 Å². The number of benzene rings is 1. The summed E-state index contributed by atoms with van der Waals surface area (Å²) in [5, 5.41) is 0.280. The van der Waals surface area contributed by atoms with Crippen molar-refractivity contribution in [1.29, 1.82) is 0 Å². The average Bonchev–Trinajstić information content (AvgIpc) is 3.09. The Labute approximate surface area is 149 Å². The largest absolute Gasteiger partial charge is 0.492 e. The highest BCUT2D eigenvalue weighted by molar-refractivity contribution is 8.13. The first kappa shape index (κ1) is 18.6. The first-order valence-electron chi connectivity index (χ1n) is 8.19. The number of para-hydroxylation sites is 1. The molecule has 0 aromatic heterocycles. The lowest BCUT2D eigenvalue weighted by atomic mass is 10.0. The first-order chi connectivity index (χ1) is 11.3. The third-order valence-corrected chi connectivity index (χ3v) is 5.94. The van der Waals surface area contributed by atoms with Gasteiger partial charge in [-0.3, -0.25) is 4.79 Å². The lowest BCUT2D eigenvalue weighted by molar-refractivity contribution is -0.116. The van der Waals surface area contributed by atoms with E-state index in [1.165, 1.54) is 11.8 Å². The van der Waals surface area contributed by atoms with E-state index < -0.39 is 0 Å². The van der Waals surface area contributed by atoms with Gasteiger partial charge >= 0.3 is 0 Å². The second-order valence-corrected chi connectivity index (χ2v) is 8.06. The molecule has 1 aromatic rings. The first-order valence-corrected chi connectivity index (χ1v) is 9.18. The molecular formula is C21H26O2S. The smallest absolute Gasteiger partial charge is 0.195 e. The molecule has 0 radical (unpaired) electrons. The molecule has 1 fully saturated rings. The summed E-state index contributed by atoms with van der Waals surface area (Å²) in [6, 6.07) is 7.82. The number of carbonyl (C=O) groups is 1. The predicted octanol–water partition coefficient (Wildman–Crippen LogP) is 5.52. The molecule has 0 bridgehead atoms. The van der Waals surface area contributed by atoms with E-state index in [9.17, 15) is 4.79 Å². The van der Waals surface area contributed by atoms with Gasteiger partial charge in [-0.05, 0) is 23.5 Å². The van der Waals surface area contributed by atoms with Gasteiger partial charge in [0.2, 0.25) is 0 Å². The lowest BCUT2D eigenvalue weighted by Gasteiger charge is -2.14. The van der Waals surface area contributed by atoms with Gasteiger partial charge in [0.1, 0.15) is 5.75 Å². The van der Waals surface area contributed by atoms with Gasteiger partial charge in [-0.15, -0.1) is 0 Å². The molecule has 128 valence electrons. The van der Waals surface area contributed by atoms with Gasteiger partial charge in [-0.1, -0.05) is 82.1 Å². The highest BCUT2D eigenvalue weighted by Gasteiger charge is 2.62. The van der Waals surface area contributed by atoms with Crippen LogP contribution in [0.2, 0.25) is 0 Å². The summed E-state index contributed by atoms with van der Waals surface area (Å²) >= 11 is 1.38. The van der Waals surface area contributed by atoms with Crippen LogP contribution in [0, 0.1) is 10.8 Å². The second kappa shape index (κ2) is 7.43. The van der Waals surface area contributed by atoms with Gasteiger partial charge < -0.3 is 4.74 Å². The zero-order chi connectivity index (χ0) is 17.8. The Morgan fingerprint density at radius 1 is 1.33 bits per heavy atom. The van der Waals surface area contributed by atoms with Gasteiger partial charge in [0.05, 0.1) is 6.61 Å². The maximum atomic E-state index is 12.3. The molecule has 1 unspecified atom stereocenters. The maximum Gasteiger partial charge on any atom is 0.195 e. The van der Waals surface area contributed by atoms with Gasteiger partial charge in [-0.2, -0.15) is 0 Å². The molecule has 0 heterocycles. The van der Waals surface area contributed by atoms with Crippen LogP contribution in [0.4, 0.5) is 0 Å². The van der Waals surface area contributed by atoms with E-state index in [2.05, 4.69) is 33.9 Å². The number of allylic oxidation sites excluding steroid dienone is 4. The molecule has 0 saturated heterocycles. The molecule has 0 N–H and O–H groups in total. The van der Waals surface area contributed by atoms with E-state index in [0.717, 1.165) is 23.3 Å². The summed E-state index contributed by atoms with van der Waals surface area (Å²) in [6.45, 7) is 14.6. The Kier molecular flexibility index (Phi) is 5.76. The van der Waals surface area contributed by atoms with Crippen molar-refractivity contribution in [3.05, 3.63) is 61.2 Å². The number of ether oxygens (including phenoxy) is 1. The number of hydrogen-bond acceptors (Lipinski definition) is 3. The van der Waals surface area contributed by atoms with E-state index in [-0.39, 0.29) is 15.9 Å². The van der Waals surface area contributed by atoms with Crippen LogP contribution in [0.15, 0.2) is 55.7 Å². The van der Waals surface area contributed by atoms with Crippen molar-refractivity contribution in [1.82, 2.24) is 0 Å². The third-order valence-electron chi connectivity index (χ3n) is 4.86. The van der Waals surface area contributed by atoms with Crippen molar-refractivity contribution in [2.24, 2.45) is 10.8 Å². The Bertz CT molecular complexity index is 672. The van der Waals surface area contributed by atoms with Gasteiger partial charge in [0.25, 0.3) is 0 Å². The molecule has 1 saturated carbocycles. The van der Waals surface area contributed by atoms with Crippen LogP contribution in [-0.2, 0) is 4.79 Å². The number of hydrogen-bond donors (Lipinski definition) is 0. The highest BCUT2D eigenvalue weighted by Crippen LogP contribution is 2.64. The SMILES string of the molecule is C=C/C=C\C(=C)c1ccccc1OCCSC(=O)C1(C)CC1(C)C. The molecule has 0 amide bonds. The Hall–Kier alpha value is -1.74. The zero-order valence-corrected chi connectivity index (χ0v) is 15.6. The van der Waals surface area contributed by atoms with Crippen LogP contribution in [0.5, 0.6) is 5.75 Å². The monoisotopic (exact) mass is 342 g/mol. The Morgan fingerprint density at radius 2 is 2.00 bits per heavy atom. The number of carbonyl (C=O) groups excluding carboxylic acids is 1.